The van der Waals surface area contributed by atoms with Gasteiger partial charge in [-0.15, -0.1) is 0 Å². The standard InChI is InChI=1S/C19H23N3O6S/c1-19(2)10-12-21(13-11-19)29(25,26)15-6-4-14(5-7-15)20-18(23)16-8-9-17(28-16)22(24)27-3/h4-9H,10-13H2,1-3H3/p+1. The minimum atomic E-state index is -3.57. The molecule has 9 nitrogen and oxygen atoms in total. The van der Waals surface area contributed by atoms with E-state index in [0.717, 1.165) is 12.8 Å². The van der Waals surface area contributed by atoms with Gasteiger partial charge in [-0.25, -0.2) is 13.3 Å². The Bertz CT molecular complexity index is 1000. The summed E-state index contributed by atoms with van der Waals surface area (Å²) in [5.41, 5.74) is 0.551. The summed E-state index contributed by atoms with van der Waals surface area (Å²) < 4.78 is 32.3. The number of amides is 1. The van der Waals surface area contributed by atoms with Gasteiger partial charge >= 0.3 is 5.88 Å². The highest BCUT2D eigenvalue weighted by Gasteiger charge is 2.32. The SMILES string of the molecule is CO[N+](=O)c1ccc(C(=O)Nc2ccc(S(=O)(=O)N3CCC(C)(C)CC3)cc2)o1. The van der Waals surface area contributed by atoms with Crippen LogP contribution in [0.5, 0.6) is 0 Å². The Kier molecular flexibility index (Phi) is 5.76. The number of anilines is 1. The number of carbonyl (C=O) groups excluding carboxylic acids is 1. The van der Waals surface area contributed by atoms with Gasteiger partial charge < -0.3 is 9.73 Å². The number of nitrogens with zero attached hydrogens (tertiary/aromatic N) is 2. The molecule has 156 valence electrons. The average Bonchev–Trinajstić information content (AvgIpc) is 3.18. The molecule has 29 heavy (non-hydrogen) atoms. The number of rotatable bonds is 6. The first-order valence-corrected chi connectivity index (χ1v) is 10.6. The second-order valence-electron chi connectivity index (χ2n) is 7.62. The number of piperidine rings is 1. The fraction of sp³-hybridized carbons (Fsp3) is 0.421. The van der Waals surface area contributed by atoms with Gasteiger partial charge in [-0.3, -0.25) is 4.79 Å². The molecule has 1 amide bonds. The predicted molar refractivity (Wildman–Crippen MR) is 105 cm³/mol. The van der Waals surface area contributed by atoms with Crippen molar-refractivity contribution in [1.29, 1.82) is 0 Å². The van der Waals surface area contributed by atoms with Crippen molar-refractivity contribution >= 4 is 27.5 Å². The summed E-state index contributed by atoms with van der Waals surface area (Å²) >= 11 is 0. The van der Waals surface area contributed by atoms with Crippen molar-refractivity contribution in [3.63, 3.8) is 0 Å². The molecule has 3 rings (SSSR count). The van der Waals surface area contributed by atoms with Gasteiger partial charge in [0, 0.05) is 18.8 Å². The molecule has 2 heterocycles. The summed E-state index contributed by atoms with van der Waals surface area (Å²) in [6, 6.07) is 8.59. The number of sulfonamides is 1. The van der Waals surface area contributed by atoms with Crippen molar-refractivity contribution in [1.82, 2.24) is 4.31 Å². The number of hydrogen-bond acceptors (Lipinski definition) is 6. The Balaban J connectivity index is 1.67. The van der Waals surface area contributed by atoms with Gasteiger partial charge in [-0.2, -0.15) is 4.31 Å². The van der Waals surface area contributed by atoms with Crippen LogP contribution in [-0.2, 0) is 14.9 Å². The van der Waals surface area contributed by atoms with Gasteiger partial charge in [0.15, 0.2) is 12.9 Å². The van der Waals surface area contributed by atoms with Gasteiger partial charge in [-0.05, 0) is 48.6 Å². The maximum absolute atomic E-state index is 12.8. The lowest BCUT2D eigenvalue weighted by molar-refractivity contribution is -0.744. The number of furan rings is 1. The molecule has 0 saturated carbocycles. The van der Waals surface area contributed by atoms with Crippen molar-refractivity contribution in [3.8, 4) is 0 Å². The zero-order valence-corrected chi connectivity index (χ0v) is 17.4. The maximum Gasteiger partial charge on any atom is 0.480 e. The Morgan fingerprint density at radius 2 is 1.76 bits per heavy atom. The Hall–Kier alpha value is -2.72. The minimum absolute atomic E-state index is 0.0782. The molecule has 1 aliphatic heterocycles. The second-order valence-corrected chi connectivity index (χ2v) is 9.56. The van der Waals surface area contributed by atoms with Crippen LogP contribution in [0, 0.1) is 10.3 Å². The summed E-state index contributed by atoms with van der Waals surface area (Å²) in [6.45, 7) is 5.26. The van der Waals surface area contributed by atoms with Crippen LogP contribution in [0.3, 0.4) is 0 Å². The molecule has 0 unspecified atom stereocenters. The summed E-state index contributed by atoms with van der Waals surface area (Å²) in [5.74, 6) is -0.816. The maximum atomic E-state index is 12.8. The van der Waals surface area contributed by atoms with Crippen LogP contribution < -0.4 is 5.32 Å². The van der Waals surface area contributed by atoms with E-state index < -0.39 is 15.9 Å². The number of hydrogen-bond donors (Lipinski definition) is 1. The molecular formula is C19H24N3O6S+. The third kappa shape index (κ3) is 4.65. The molecule has 1 aliphatic rings. The minimum Gasteiger partial charge on any atom is -0.393 e. The third-order valence-electron chi connectivity index (χ3n) is 4.99. The first-order chi connectivity index (χ1) is 13.6. The number of nitrogens with one attached hydrogen (secondary N) is 1. The lowest BCUT2D eigenvalue weighted by Gasteiger charge is -2.36. The van der Waals surface area contributed by atoms with E-state index >= 15 is 0 Å². The molecule has 1 aromatic carbocycles. The number of benzene rings is 1. The van der Waals surface area contributed by atoms with Crippen molar-refractivity contribution in [2.24, 2.45) is 5.41 Å². The second kappa shape index (κ2) is 7.96. The molecule has 1 fully saturated rings. The summed E-state index contributed by atoms with van der Waals surface area (Å²) in [6.07, 6.45) is 1.63. The highest BCUT2D eigenvalue weighted by Crippen LogP contribution is 2.32. The molecule has 0 radical (unpaired) electrons. The Morgan fingerprint density at radius 1 is 1.14 bits per heavy atom. The molecule has 0 aliphatic carbocycles. The lowest BCUT2D eigenvalue weighted by atomic mass is 9.83. The zero-order chi connectivity index (χ0) is 21.2. The molecule has 0 bridgehead atoms. The summed E-state index contributed by atoms with van der Waals surface area (Å²) in [7, 11) is -2.39. The Labute approximate surface area is 169 Å². The molecule has 2 aromatic rings. The van der Waals surface area contributed by atoms with Gasteiger partial charge in [0.25, 0.3) is 10.8 Å². The van der Waals surface area contributed by atoms with Crippen molar-refractivity contribution < 1.29 is 27.4 Å². The average molecular weight is 422 g/mol. The van der Waals surface area contributed by atoms with Crippen LogP contribution in [0.15, 0.2) is 45.7 Å². The molecule has 1 aromatic heterocycles. The largest absolute Gasteiger partial charge is 0.480 e. The van der Waals surface area contributed by atoms with Gasteiger partial charge in [0.2, 0.25) is 10.0 Å². The van der Waals surface area contributed by atoms with Gasteiger partial charge in [0.1, 0.15) is 0 Å². The quantitative estimate of drug-likeness (QED) is 0.716. The molecule has 1 N–H and O–H groups in total. The van der Waals surface area contributed by atoms with Crippen molar-refractivity contribution in [2.45, 2.75) is 31.6 Å². The van der Waals surface area contributed by atoms with Crippen LogP contribution in [-0.4, -0.2) is 43.8 Å². The summed E-state index contributed by atoms with van der Waals surface area (Å²) in [5, 5.41) is 2.59. The van der Waals surface area contributed by atoms with E-state index in [1.54, 1.807) is 0 Å². The highest BCUT2D eigenvalue weighted by atomic mass is 32.2. The van der Waals surface area contributed by atoms with E-state index in [0.29, 0.717) is 18.8 Å². The van der Waals surface area contributed by atoms with E-state index in [9.17, 15) is 18.1 Å². The predicted octanol–water partition coefficient (Wildman–Crippen LogP) is 3.31. The zero-order valence-electron chi connectivity index (χ0n) is 16.5. The lowest BCUT2D eigenvalue weighted by Crippen LogP contribution is -2.41. The first-order valence-electron chi connectivity index (χ1n) is 9.15. The van der Waals surface area contributed by atoms with Crippen molar-refractivity contribution in [2.75, 3.05) is 25.5 Å². The number of carbonyl (C=O) groups is 1. The van der Waals surface area contributed by atoms with Gasteiger partial charge in [0.05, 0.1) is 15.9 Å². The molecular weight excluding hydrogens is 398 g/mol. The Morgan fingerprint density at radius 3 is 2.34 bits per heavy atom. The first kappa shape index (κ1) is 21.0. The van der Waals surface area contributed by atoms with Crippen LogP contribution in [0.1, 0.15) is 37.2 Å². The fourth-order valence-corrected chi connectivity index (χ4v) is 4.46. The summed E-state index contributed by atoms with van der Waals surface area (Å²) in [4.78, 5) is 28.3. The van der Waals surface area contributed by atoms with E-state index in [4.69, 9.17) is 4.42 Å². The molecule has 0 spiro atoms. The van der Waals surface area contributed by atoms with Crippen LogP contribution >= 0.6 is 0 Å². The van der Waals surface area contributed by atoms with E-state index in [1.165, 1.54) is 47.8 Å². The highest BCUT2D eigenvalue weighted by molar-refractivity contribution is 7.89. The molecule has 1 saturated heterocycles. The van der Waals surface area contributed by atoms with E-state index in [-0.39, 0.29) is 26.9 Å². The fourth-order valence-electron chi connectivity index (χ4n) is 3.02. The molecule has 0 atom stereocenters. The normalized spacial score (nSPS) is 16.9. The topological polar surface area (TPSA) is 109 Å². The third-order valence-corrected chi connectivity index (χ3v) is 6.90. The molecule has 10 heteroatoms. The van der Waals surface area contributed by atoms with Crippen LogP contribution in [0.4, 0.5) is 11.6 Å². The smallest absolute Gasteiger partial charge is 0.393 e. The monoisotopic (exact) mass is 422 g/mol. The van der Waals surface area contributed by atoms with Gasteiger partial charge in [-0.1, -0.05) is 13.8 Å². The van der Waals surface area contributed by atoms with Crippen LogP contribution in [0.25, 0.3) is 0 Å². The van der Waals surface area contributed by atoms with Crippen LogP contribution in [0.2, 0.25) is 0 Å². The van der Waals surface area contributed by atoms with Crippen molar-refractivity contribution in [3.05, 3.63) is 47.1 Å². The van der Waals surface area contributed by atoms with E-state index in [1.807, 2.05) is 0 Å². The van der Waals surface area contributed by atoms with E-state index in [2.05, 4.69) is 24.0 Å².